The molecule has 5 nitrogen and oxygen atoms in total. The number of hydrogen-bond donors (Lipinski definition) is 1. The Morgan fingerprint density at radius 1 is 1.50 bits per heavy atom. The van der Waals surface area contributed by atoms with Crippen LogP contribution in [0.1, 0.15) is 20.8 Å². The molecular formula is C10H17NO4S. The molecule has 1 N–H and O–H groups in total. The minimum absolute atomic E-state index is 0.122. The highest BCUT2D eigenvalue weighted by Crippen LogP contribution is 2.31. The number of carbonyl (C=O) groups excluding carboxylic acids is 1. The predicted molar refractivity (Wildman–Crippen MR) is 61.3 cm³/mol. The lowest BCUT2D eigenvalue weighted by molar-refractivity contribution is -0.159. The molecule has 2 atom stereocenters. The van der Waals surface area contributed by atoms with Gasteiger partial charge in [0.2, 0.25) is 0 Å². The monoisotopic (exact) mass is 247 g/mol. The van der Waals surface area contributed by atoms with Gasteiger partial charge in [0.25, 0.3) is 5.91 Å². The second kappa shape index (κ2) is 4.63. The quantitative estimate of drug-likeness (QED) is 0.798. The van der Waals surface area contributed by atoms with Crippen molar-refractivity contribution in [1.82, 2.24) is 4.90 Å². The van der Waals surface area contributed by atoms with E-state index in [-0.39, 0.29) is 11.3 Å². The molecular weight excluding hydrogens is 230 g/mol. The fourth-order valence-corrected chi connectivity index (χ4v) is 2.71. The SMILES string of the molecule is COC(C)(C)C(=O)N1C(C)SCC1C(=O)O. The molecule has 1 amide bonds. The minimum Gasteiger partial charge on any atom is -0.480 e. The lowest BCUT2D eigenvalue weighted by Gasteiger charge is -2.32. The molecule has 0 spiro atoms. The third-order valence-corrected chi connectivity index (χ3v) is 3.99. The maximum atomic E-state index is 12.1. The van der Waals surface area contributed by atoms with Crippen molar-refractivity contribution in [2.75, 3.05) is 12.9 Å². The van der Waals surface area contributed by atoms with Crippen LogP contribution in [0.4, 0.5) is 0 Å². The predicted octanol–water partition coefficient (Wildman–Crippen LogP) is 0.786. The fourth-order valence-electron chi connectivity index (χ4n) is 1.54. The van der Waals surface area contributed by atoms with Crippen LogP contribution >= 0.6 is 11.8 Å². The summed E-state index contributed by atoms with van der Waals surface area (Å²) in [6, 6.07) is -0.748. The van der Waals surface area contributed by atoms with E-state index in [0.29, 0.717) is 5.75 Å². The number of aliphatic carboxylic acids is 1. The van der Waals surface area contributed by atoms with Crippen LogP contribution in [0, 0.1) is 0 Å². The third kappa shape index (κ3) is 2.32. The maximum Gasteiger partial charge on any atom is 0.327 e. The Morgan fingerprint density at radius 2 is 2.06 bits per heavy atom. The highest BCUT2D eigenvalue weighted by molar-refractivity contribution is 8.00. The van der Waals surface area contributed by atoms with E-state index in [1.165, 1.54) is 23.8 Å². The summed E-state index contributed by atoms with van der Waals surface area (Å²) in [5.74, 6) is -0.806. The van der Waals surface area contributed by atoms with E-state index >= 15 is 0 Å². The van der Waals surface area contributed by atoms with Crippen molar-refractivity contribution < 1.29 is 19.4 Å². The van der Waals surface area contributed by atoms with Crippen LogP contribution in [0.5, 0.6) is 0 Å². The number of nitrogens with zero attached hydrogens (tertiary/aromatic N) is 1. The van der Waals surface area contributed by atoms with Crippen molar-refractivity contribution in [3.63, 3.8) is 0 Å². The van der Waals surface area contributed by atoms with Gasteiger partial charge in [-0.1, -0.05) is 0 Å². The number of rotatable bonds is 3. The first kappa shape index (κ1) is 13.3. The molecule has 0 aromatic rings. The smallest absolute Gasteiger partial charge is 0.327 e. The highest BCUT2D eigenvalue weighted by atomic mass is 32.2. The summed E-state index contributed by atoms with van der Waals surface area (Å²) in [5.41, 5.74) is -0.979. The van der Waals surface area contributed by atoms with E-state index in [1.54, 1.807) is 13.8 Å². The molecule has 0 radical (unpaired) electrons. The van der Waals surface area contributed by atoms with Gasteiger partial charge >= 0.3 is 5.97 Å². The Hall–Kier alpha value is -0.750. The molecule has 16 heavy (non-hydrogen) atoms. The number of amides is 1. The van der Waals surface area contributed by atoms with Gasteiger partial charge in [-0.3, -0.25) is 4.79 Å². The maximum absolute atomic E-state index is 12.1. The number of ether oxygens (including phenoxy) is 1. The van der Waals surface area contributed by atoms with Crippen LogP contribution in [-0.4, -0.2) is 51.8 Å². The molecule has 92 valence electrons. The van der Waals surface area contributed by atoms with Gasteiger partial charge in [-0.25, -0.2) is 4.79 Å². The topological polar surface area (TPSA) is 66.8 Å². The number of carbonyl (C=O) groups is 2. The zero-order chi connectivity index (χ0) is 12.5. The first-order chi connectivity index (χ1) is 7.31. The zero-order valence-electron chi connectivity index (χ0n) is 9.89. The van der Waals surface area contributed by atoms with Gasteiger partial charge in [0.1, 0.15) is 11.6 Å². The summed E-state index contributed by atoms with van der Waals surface area (Å²) >= 11 is 1.47. The average Bonchev–Trinajstić information content (AvgIpc) is 2.59. The van der Waals surface area contributed by atoms with Gasteiger partial charge in [0.05, 0.1) is 5.37 Å². The molecule has 1 heterocycles. The van der Waals surface area contributed by atoms with Gasteiger partial charge in [-0.15, -0.1) is 11.8 Å². The molecule has 1 aliphatic rings. The fraction of sp³-hybridized carbons (Fsp3) is 0.800. The number of carboxylic acid groups (broad SMARTS) is 1. The van der Waals surface area contributed by atoms with Crippen LogP contribution in [0.2, 0.25) is 0 Å². The number of carboxylic acids is 1. The Balaban J connectivity index is 2.92. The molecule has 0 aromatic heterocycles. The summed E-state index contributed by atoms with van der Waals surface area (Å²) in [5, 5.41) is 8.92. The van der Waals surface area contributed by atoms with Crippen LogP contribution in [0.25, 0.3) is 0 Å². The van der Waals surface area contributed by atoms with E-state index in [0.717, 1.165) is 0 Å². The molecule has 6 heteroatoms. The van der Waals surface area contributed by atoms with Gasteiger partial charge < -0.3 is 14.7 Å². The van der Waals surface area contributed by atoms with Crippen molar-refractivity contribution in [3.05, 3.63) is 0 Å². The van der Waals surface area contributed by atoms with E-state index in [4.69, 9.17) is 9.84 Å². The first-order valence-corrected chi connectivity index (χ1v) is 6.08. The Morgan fingerprint density at radius 3 is 2.50 bits per heavy atom. The zero-order valence-corrected chi connectivity index (χ0v) is 10.7. The van der Waals surface area contributed by atoms with Crippen LogP contribution in [0.15, 0.2) is 0 Å². The Labute approximate surface area is 99.1 Å². The Kier molecular flexibility index (Phi) is 3.85. The first-order valence-electron chi connectivity index (χ1n) is 5.03. The third-order valence-electron chi connectivity index (χ3n) is 2.77. The molecule has 1 fully saturated rings. The summed E-state index contributed by atoms with van der Waals surface area (Å²) in [4.78, 5) is 24.6. The number of thioether (sulfide) groups is 1. The van der Waals surface area contributed by atoms with E-state index in [2.05, 4.69) is 0 Å². The van der Waals surface area contributed by atoms with Crippen molar-refractivity contribution in [1.29, 1.82) is 0 Å². The van der Waals surface area contributed by atoms with Crippen LogP contribution in [-0.2, 0) is 14.3 Å². The number of hydrogen-bond acceptors (Lipinski definition) is 4. The van der Waals surface area contributed by atoms with Crippen molar-refractivity contribution in [3.8, 4) is 0 Å². The van der Waals surface area contributed by atoms with Crippen LogP contribution in [0.3, 0.4) is 0 Å². The molecule has 0 aliphatic carbocycles. The Bertz CT molecular complexity index is 305. The van der Waals surface area contributed by atoms with Crippen molar-refractivity contribution in [2.24, 2.45) is 0 Å². The molecule has 0 aromatic carbocycles. The van der Waals surface area contributed by atoms with Crippen molar-refractivity contribution in [2.45, 2.75) is 37.8 Å². The molecule has 1 saturated heterocycles. The van der Waals surface area contributed by atoms with Crippen LogP contribution < -0.4 is 0 Å². The molecule has 2 unspecified atom stereocenters. The summed E-state index contributed by atoms with van der Waals surface area (Å²) < 4.78 is 5.09. The highest BCUT2D eigenvalue weighted by Gasteiger charge is 2.44. The molecule has 0 saturated carbocycles. The van der Waals surface area contributed by atoms with Crippen molar-refractivity contribution >= 4 is 23.6 Å². The van der Waals surface area contributed by atoms with E-state index in [9.17, 15) is 9.59 Å². The van der Waals surface area contributed by atoms with Gasteiger partial charge in [-0.05, 0) is 20.8 Å². The average molecular weight is 247 g/mol. The second-order valence-corrected chi connectivity index (χ2v) is 5.56. The molecule has 1 rings (SSSR count). The van der Waals surface area contributed by atoms with Gasteiger partial charge in [0, 0.05) is 12.9 Å². The standard InChI is InChI=1S/C10H17NO4S/c1-6-11(7(5-16-6)8(12)13)9(14)10(2,3)15-4/h6-7H,5H2,1-4H3,(H,12,13). The lowest BCUT2D eigenvalue weighted by Crippen LogP contribution is -2.53. The largest absolute Gasteiger partial charge is 0.480 e. The lowest BCUT2D eigenvalue weighted by atomic mass is 10.1. The van der Waals surface area contributed by atoms with Gasteiger partial charge in [-0.2, -0.15) is 0 Å². The minimum atomic E-state index is -0.979. The summed E-state index contributed by atoms with van der Waals surface area (Å²) in [6.07, 6.45) is 0. The van der Waals surface area contributed by atoms with Gasteiger partial charge in [0.15, 0.2) is 0 Å². The summed E-state index contributed by atoms with van der Waals surface area (Å²) in [7, 11) is 1.45. The van der Waals surface area contributed by atoms with E-state index in [1.807, 2.05) is 6.92 Å². The normalized spacial score (nSPS) is 25.9. The summed E-state index contributed by atoms with van der Waals surface area (Å²) in [6.45, 7) is 5.12. The second-order valence-electron chi connectivity index (χ2n) is 4.21. The molecule has 1 aliphatic heterocycles. The molecule has 0 bridgehead atoms. The number of methoxy groups -OCH3 is 1. The van der Waals surface area contributed by atoms with E-state index < -0.39 is 17.6 Å².